The minimum Gasteiger partial charge on any atom is -0.369 e. The molecule has 1 saturated heterocycles. The van der Waals surface area contributed by atoms with Gasteiger partial charge in [0.2, 0.25) is 5.91 Å². The highest BCUT2D eigenvalue weighted by Gasteiger charge is 2.22. The van der Waals surface area contributed by atoms with Crippen LogP contribution in [0.4, 0.5) is 0 Å². The highest BCUT2D eigenvalue weighted by molar-refractivity contribution is 5.76. The van der Waals surface area contributed by atoms with E-state index >= 15 is 0 Å². The number of hydrogen-bond acceptors (Lipinski definition) is 3. The van der Waals surface area contributed by atoms with Crippen LogP contribution in [0.3, 0.4) is 0 Å². The van der Waals surface area contributed by atoms with Crippen molar-refractivity contribution in [1.82, 2.24) is 14.5 Å². The third kappa shape index (κ3) is 2.82. The second-order valence-electron chi connectivity index (χ2n) is 4.32. The third-order valence-electron chi connectivity index (χ3n) is 3.22. The minimum absolute atomic E-state index is 0.0875. The lowest BCUT2D eigenvalue weighted by atomic mass is 9.96. The Morgan fingerprint density at radius 3 is 2.69 bits per heavy atom. The molecular formula is C11H18N4O. The van der Waals surface area contributed by atoms with E-state index in [1.165, 1.54) is 0 Å². The fourth-order valence-electron chi connectivity index (χ4n) is 2.12. The van der Waals surface area contributed by atoms with E-state index in [4.69, 9.17) is 5.73 Å². The second kappa shape index (κ2) is 5.12. The minimum atomic E-state index is -0.144. The van der Waals surface area contributed by atoms with Gasteiger partial charge in [0.25, 0.3) is 0 Å². The van der Waals surface area contributed by atoms with Crippen molar-refractivity contribution in [3.05, 3.63) is 18.7 Å². The molecule has 2 rings (SSSR count). The molecule has 1 fully saturated rings. The molecule has 1 aliphatic heterocycles. The lowest BCUT2D eigenvalue weighted by Crippen LogP contribution is -2.39. The molecule has 5 heteroatoms. The Morgan fingerprint density at radius 1 is 1.38 bits per heavy atom. The molecule has 0 atom stereocenters. The van der Waals surface area contributed by atoms with Crippen LogP contribution in [0.15, 0.2) is 18.7 Å². The number of carbonyl (C=O) groups is 1. The van der Waals surface area contributed by atoms with Crippen molar-refractivity contribution < 1.29 is 4.79 Å². The predicted octanol–water partition coefficient (Wildman–Crippen LogP) is 0.0804. The Bertz CT molecular complexity index is 328. The van der Waals surface area contributed by atoms with Crippen LogP contribution in [0.2, 0.25) is 0 Å². The average Bonchev–Trinajstić information content (AvgIpc) is 2.80. The number of nitrogens with two attached hydrogens (primary N) is 1. The molecule has 2 heterocycles. The smallest absolute Gasteiger partial charge is 0.220 e. The summed E-state index contributed by atoms with van der Waals surface area (Å²) in [4.78, 5) is 17.4. The fourth-order valence-corrected chi connectivity index (χ4v) is 2.12. The third-order valence-corrected chi connectivity index (χ3v) is 3.22. The van der Waals surface area contributed by atoms with E-state index in [0.717, 1.165) is 39.0 Å². The molecule has 16 heavy (non-hydrogen) atoms. The molecule has 1 aromatic rings. The molecule has 0 spiro atoms. The normalized spacial score (nSPS) is 18.8. The summed E-state index contributed by atoms with van der Waals surface area (Å²) < 4.78 is 2.07. The van der Waals surface area contributed by atoms with Gasteiger partial charge in [-0.1, -0.05) is 0 Å². The van der Waals surface area contributed by atoms with Crippen molar-refractivity contribution in [3.63, 3.8) is 0 Å². The number of nitrogens with zero attached hydrogens (tertiary/aromatic N) is 3. The quantitative estimate of drug-likeness (QED) is 0.784. The average molecular weight is 222 g/mol. The second-order valence-corrected chi connectivity index (χ2v) is 4.32. The number of rotatable bonds is 4. The Hall–Kier alpha value is -1.36. The van der Waals surface area contributed by atoms with Gasteiger partial charge in [0, 0.05) is 31.4 Å². The Labute approximate surface area is 95.2 Å². The number of imidazole rings is 1. The van der Waals surface area contributed by atoms with E-state index in [0.29, 0.717) is 0 Å². The van der Waals surface area contributed by atoms with Gasteiger partial charge in [-0.05, 0) is 25.9 Å². The topological polar surface area (TPSA) is 64.2 Å². The summed E-state index contributed by atoms with van der Waals surface area (Å²) >= 11 is 0. The summed E-state index contributed by atoms with van der Waals surface area (Å²) in [5.74, 6) is -0.0567. The lowest BCUT2D eigenvalue weighted by Gasteiger charge is -2.30. The number of amides is 1. The van der Waals surface area contributed by atoms with Gasteiger partial charge in [-0.2, -0.15) is 0 Å². The van der Waals surface area contributed by atoms with Gasteiger partial charge >= 0.3 is 0 Å². The molecule has 1 amide bonds. The van der Waals surface area contributed by atoms with Crippen LogP contribution >= 0.6 is 0 Å². The van der Waals surface area contributed by atoms with Gasteiger partial charge in [-0.15, -0.1) is 0 Å². The molecule has 0 radical (unpaired) electrons. The van der Waals surface area contributed by atoms with E-state index in [-0.39, 0.29) is 11.8 Å². The zero-order chi connectivity index (χ0) is 11.4. The maximum atomic E-state index is 11.0. The van der Waals surface area contributed by atoms with E-state index in [1.54, 1.807) is 6.20 Å². The standard InChI is InChI=1S/C11H18N4O/c12-11(16)10-1-4-14(5-2-10)7-8-15-6-3-13-9-15/h3,6,9-10H,1-2,4-5,7-8H2,(H2,12,16). The first kappa shape index (κ1) is 11.1. The van der Waals surface area contributed by atoms with Crippen molar-refractivity contribution in [2.24, 2.45) is 11.7 Å². The van der Waals surface area contributed by atoms with Crippen LogP contribution in [-0.4, -0.2) is 40.0 Å². The van der Waals surface area contributed by atoms with Crippen LogP contribution in [-0.2, 0) is 11.3 Å². The summed E-state index contributed by atoms with van der Waals surface area (Å²) in [5, 5.41) is 0. The van der Waals surface area contributed by atoms with Crippen molar-refractivity contribution >= 4 is 5.91 Å². The number of likely N-dealkylation sites (tertiary alicyclic amines) is 1. The molecule has 88 valence electrons. The zero-order valence-corrected chi connectivity index (χ0v) is 9.38. The molecule has 0 unspecified atom stereocenters. The van der Waals surface area contributed by atoms with Crippen LogP contribution in [0.25, 0.3) is 0 Å². The molecular weight excluding hydrogens is 204 g/mol. The molecule has 5 nitrogen and oxygen atoms in total. The van der Waals surface area contributed by atoms with Crippen molar-refractivity contribution in [3.8, 4) is 0 Å². The van der Waals surface area contributed by atoms with Gasteiger partial charge < -0.3 is 15.2 Å². The van der Waals surface area contributed by atoms with Gasteiger partial charge in [-0.3, -0.25) is 4.79 Å². The highest BCUT2D eigenvalue weighted by Crippen LogP contribution is 2.16. The Morgan fingerprint density at radius 2 is 2.12 bits per heavy atom. The molecule has 0 aliphatic carbocycles. The molecule has 0 saturated carbocycles. The van der Waals surface area contributed by atoms with Crippen LogP contribution in [0.1, 0.15) is 12.8 Å². The van der Waals surface area contributed by atoms with Crippen LogP contribution in [0.5, 0.6) is 0 Å². The summed E-state index contributed by atoms with van der Waals surface area (Å²) in [6, 6.07) is 0. The Kier molecular flexibility index (Phi) is 3.56. The summed E-state index contributed by atoms with van der Waals surface area (Å²) in [7, 11) is 0. The molecule has 0 bridgehead atoms. The number of piperidine rings is 1. The predicted molar refractivity (Wildman–Crippen MR) is 60.6 cm³/mol. The van der Waals surface area contributed by atoms with E-state index in [1.807, 2.05) is 12.5 Å². The molecule has 2 N–H and O–H groups in total. The SMILES string of the molecule is NC(=O)C1CCN(CCn2ccnc2)CC1. The highest BCUT2D eigenvalue weighted by atomic mass is 16.1. The first-order valence-electron chi connectivity index (χ1n) is 5.73. The number of aromatic nitrogens is 2. The molecule has 1 aliphatic rings. The van der Waals surface area contributed by atoms with Crippen LogP contribution < -0.4 is 5.73 Å². The largest absolute Gasteiger partial charge is 0.369 e. The number of primary amides is 1. The van der Waals surface area contributed by atoms with Crippen molar-refractivity contribution in [2.75, 3.05) is 19.6 Å². The number of carbonyl (C=O) groups excluding carboxylic acids is 1. The van der Waals surface area contributed by atoms with E-state index in [2.05, 4.69) is 14.5 Å². The number of hydrogen-bond donors (Lipinski definition) is 1. The zero-order valence-electron chi connectivity index (χ0n) is 9.38. The summed E-state index contributed by atoms with van der Waals surface area (Å²) in [5.41, 5.74) is 5.29. The first-order valence-corrected chi connectivity index (χ1v) is 5.73. The molecule has 1 aromatic heterocycles. The van der Waals surface area contributed by atoms with Crippen molar-refractivity contribution in [2.45, 2.75) is 19.4 Å². The summed E-state index contributed by atoms with van der Waals surface area (Å²) in [6.07, 6.45) is 7.39. The van der Waals surface area contributed by atoms with Gasteiger partial charge in [0.05, 0.1) is 6.33 Å². The van der Waals surface area contributed by atoms with Crippen LogP contribution in [0, 0.1) is 5.92 Å². The van der Waals surface area contributed by atoms with Crippen molar-refractivity contribution in [1.29, 1.82) is 0 Å². The van der Waals surface area contributed by atoms with Gasteiger partial charge in [-0.25, -0.2) is 4.98 Å². The molecule has 0 aromatic carbocycles. The maximum absolute atomic E-state index is 11.0. The van der Waals surface area contributed by atoms with Gasteiger partial charge in [0.1, 0.15) is 0 Å². The monoisotopic (exact) mass is 222 g/mol. The maximum Gasteiger partial charge on any atom is 0.220 e. The Balaban J connectivity index is 1.71. The van der Waals surface area contributed by atoms with E-state index in [9.17, 15) is 4.79 Å². The van der Waals surface area contributed by atoms with Gasteiger partial charge in [0.15, 0.2) is 0 Å². The first-order chi connectivity index (χ1) is 7.75. The lowest BCUT2D eigenvalue weighted by molar-refractivity contribution is -0.123. The van der Waals surface area contributed by atoms with E-state index < -0.39 is 0 Å². The fraction of sp³-hybridized carbons (Fsp3) is 0.636. The summed E-state index contributed by atoms with van der Waals surface area (Å²) in [6.45, 7) is 3.92.